The van der Waals surface area contributed by atoms with E-state index in [1.165, 1.54) is 5.56 Å². The van der Waals surface area contributed by atoms with Gasteiger partial charge in [-0.15, -0.1) is 0 Å². The molecular formula is C18H30ClNO. The molecular weight excluding hydrogens is 282 g/mol. The van der Waals surface area contributed by atoms with Crippen molar-refractivity contribution in [3.05, 3.63) is 28.8 Å². The third-order valence-electron chi connectivity index (χ3n) is 4.29. The summed E-state index contributed by atoms with van der Waals surface area (Å²) in [5.74, 6) is 1.35. The van der Waals surface area contributed by atoms with E-state index in [4.69, 9.17) is 16.3 Å². The topological polar surface area (TPSA) is 21.3 Å². The van der Waals surface area contributed by atoms with E-state index in [0.29, 0.717) is 22.4 Å². The molecule has 0 fully saturated rings. The van der Waals surface area contributed by atoms with E-state index in [2.05, 4.69) is 46.0 Å². The number of halogens is 1. The van der Waals surface area contributed by atoms with Gasteiger partial charge in [0.1, 0.15) is 5.75 Å². The molecule has 120 valence electrons. The van der Waals surface area contributed by atoms with Gasteiger partial charge in [-0.3, -0.25) is 0 Å². The third kappa shape index (κ3) is 5.52. The molecule has 0 radical (unpaired) electrons. The number of benzene rings is 1. The highest BCUT2D eigenvalue weighted by Crippen LogP contribution is 2.35. The Hall–Kier alpha value is -0.730. The number of hydrogen-bond donors (Lipinski definition) is 1. The van der Waals surface area contributed by atoms with Crippen LogP contribution in [-0.2, 0) is 0 Å². The van der Waals surface area contributed by atoms with Crippen LogP contribution in [0.25, 0.3) is 0 Å². The first-order valence-corrected chi connectivity index (χ1v) is 8.24. The standard InChI is InChI=1S/C18H30ClNO/c1-7-10-20-16(11-13(2)18(3,4)5)14-8-9-17(21-6)15(19)12-14/h8-9,12-13,16,20H,7,10-11H2,1-6H3. The number of ether oxygens (including phenoxy) is 1. The van der Waals surface area contributed by atoms with Gasteiger partial charge in [0, 0.05) is 6.04 Å². The lowest BCUT2D eigenvalue weighted by molar-refractivity contribution is 0.223. The molecule has 0 bridgehead atoms. The van der Waals surface area contributed by atoms with Crippen LogP contribution in [0.5, 0.6) is 5.75 Å². The fourth-order valence-corrected chi connectivity index (χ4v) is 2.53. The van der Waals surface area contributed by atoms with Crippen molar-refractivity contribution in [3.63, 3.8) is 0 Å². The van der Waals surface area contributed by atoms with Crippen molar-refractivity contribution in [2.24, 2.45) is 11.3 Å². The van der Waals surface area contributed by atoms with Crippen molar-refractivity contribution in [3.8, 4) is 5.75 Å². The van der Waals surface area contributed by atoms with E-state index in [1.807, 2.05) is 12.1 Å². The van der Waals surface area contributed by atoms with Gasteiger partial charge in [-0.1, -0.05) is 52.3 Å². The Kier molecular flexibility index (Phi) is 7.02. The summed E-state index contributed by atoms with van der Waals surface area (Å²) in [6.45, 7) is 12.4. The second-order valence-corrected chi connectivity index (χ2v) is 7.31. The van der Waals surface area contributed by atoms with Crippen LogP contribution in [0.1, 0.15) is 59.1 Å². The van der Waals surface area contributed by atoms with Gasteiger partial charge in [0.25, 0.3) is 0 Å². The lowest BCUT2D eigenvalue weighted by Crippen LogP contribution is -2.28. The molecule has 0 heterocycles. The van der Waals surface area contributed by atoms with E-state index in [0.717, 1.165) is 25.1 Å². The Balaban J connectivity index is 2.93. The fraction of sp³-hybridized carbons (Fsp3) is 0.667. The van der Waals surface area contributed by atoms with E-state index in [1.54, 1.807) is 7.11 Å². The van der Waals surface area contributed by atoms with Gasteiger partial charge in [-0.05, 0) is 48.4 Å². The summed E-state index contributed by atoms with van der Waals surface area (Å²) in [4.78, 5) is 0. The average molecular weight is 312 g/mol. The molecule has 1 N–H and O–H groups in total. The largest absolute Gasteiger partial charge is 0.495 e. The van der Waals surface area contributed by atoms with Gasteiger partial charge >= 0.3 is 0 Å². The van der Waals surface area contributed by atoms with Crippen molar-refractivity contribution in [2.45, 2.75) is 53.5 Å². The number of methoxy groups -OCH3 is 1. The Morgan fingerprint density at radius 3 is 2.43 bits per heavy atom. The van der Waals surface area contributed by atoms with Crippen molar-refractivity contribution in [2.75, 3.05) is 13.7 Å². The maximum atomic E-state index is 6.28. The molecule has 21 heavy (non-hydrogen) atoms. The summed E-state index contributed by atoms with van der Waals surface area (Å²) >= 11 is 6.28. The normalized spacial score (nSPS) is 14.8. The average Bonchev–Trinajstić information content (AvgIpc) is 2.42. The van der Waals surface area contributed by atoms with Crippen molar-refractivity contribution in [1.29, 1.82) is 0 Å². The molecule has 0 aliphatic carbocycles. The van der Waals surface area contributed by atoms with Gasteiger partial charge in [0.2, 0.25) is 0 Å². The lowest BCUT2D eigenvalue weighted by Gasteiger charge is -2.31. The zero-order chi connectivity index (χ0) is 16.0. The highest BCUT2D eigenvalue weighted by Gasteiger charge is 2.24. The van der Waals surface area contributed by atoms with Crippen LogP contribution in [-0.4, -0.2) is 13.7 Å². The summed E-state index contributed by atoms with van der Waals surface area (Å²) in [7, 11) is 1.65. The van der Waals surface area contributed by atoms with Gasteiger partial charge in [0.05, 0.1) is 12.1 Å². The smallest absolute Gasteiger partial charge is 0.137 e. The minimum absolute atomic E-state index is 0.308. The van der Waals surface area contributed by atoms with E-state index in [-0.39, 0.29) is 0 Å². The van der Waals surface area contributed by atoms with Crippen LogP contribution in [0.2, 0.25) is 5.02 Å². The predicted molar refractivity (Wildman–Crippen MR) is 92.3 cm³/mol. The maximum absolute atomic E-state index is 6.28. The Labute approximate surface area is 135 Å². The molecule has 2 nitrogen and oxygen atoms in total. The predicted octanol–water partition coefficient (Wildman–Crippen LogP) is 5.46. The zero-order valence-electron chi connectivity index (χ0n) is 14.3. The Bertz CT molecular complexity index is 439. The Morgan fingerprint density at radius 2 is 1.95 bits per heavy atom. The van der Waals surface area contributed by atoms with Gasteiger partial charge < -0.3 is 10.1 Å². The number of rotatable bonds is 7. The SMILES string of the molecule is CCCNC(CC(C)C(C)(C)C)c1ccc(OC)c(Cl)c1. The fourth-order valence-electron chi connectivity index (χ4n) is 2.26. The minimum atomic E-state index is 0.308. The van der Waals surface area contributed by atoms with Crippen molar-refractivity contribution < 1.29 is 4.74 Å². The molecule has 2 atom stereocenters. The highest BCUT2D eigenvalue weighted by atomic mass is 35.5. The van der Waals surface area contributed by atoms with Gasteiger partial charge in [-0.2, -0.15) is 0 Å². The number of hydrogen-bond acceptors (Lipinski definition) is 2. The monoisotopic (exact) mass is 311 g/mol. The van der Waals surface area contributed by atoms with Crippen molar-refractivity contribution in [1.82, 2.24) is 5.32 Å². The third-order valence-corrected chi connectivity index (χ3v) is 4.58. The summed E-state index contributed by atoms with van der Waals surface area (Å²) in [6, 6.07) is 6.44. The second-order valence-electron chi connectivity index (χ2n) is 6.90. The van der Waals surface area contributed by atoms with Crippen LogP contribution in [0.15, 0.2) is 18.2 Å². The molecule has 0 amide bonds. The van der Waals surface area contributed by atoms with Crippen molar-refractivity contribution >= 4 is 11.6 Å². The van der Waals surface area contributed by atoms with Crippen LogP contribution < -0.4 is 10.1 Å². The maximum Gasteiger partial charge on any atom is 0.137 e. The molecule has 3 heteroatoms. The summed E-state index contributed by atoms with van der Waals surface area (Å²) in [5, 5.41) is 4.34. The van der Waals surface area contributed by atoms with Gasteiger partial charge in [0.15, 0.2) is 0 Å². The molecule has 1 aromatic carbocycles. The van der Waals surface area contributed by atoms with E-state index >= 15 is 0 Å². The quantitative estimate of drug-likeness (QED) is 0.721. The van der Waals surface area contributed by atoms with Crippen LogP contribution >= 0.6 is 11.6 Å². The summed E-state index contributed by atoms with van der Waals surface area (Å²) in [6.07, 6.45) is 2.23. The van der Waals surface area contributed by atoms with Gasteiger partial charge in [-0.25, -0.2) is 0 Å². The summed E-state index contributed by atoms with van der Waals surface area (Å²) < 4.78 is 5.24. The first-order chi connectivity index (χ1) is 9.79. The molecule has 0 saturated carbocycles. The minimum Gasteiger partial charge on any atom is -0.495 e. The van der Waals surface area contributed by atoms with Crippen LogP contribution in [0.3, 0.4) is 0 Å². The first kappa shape index (κ1) is 18.3. The molecule has 0 spiro atoms. The summed E-state index contributed by atoms with van der Waals surface area (Å²) in [5.41, 5.74) is 1.55. The number of nitrogens with one attached hydrogen (secondary N) is 1. The molecule has 0 saturated heterocycles. The van der Waals surface area contributed by atoms with E-state index < -0.39 is 0 Å². The highest BCUT2D eigenvalue weighted by molar-refractivity contribution is 6.32. The zero-order valence-corrected chi connectivity index (χ0v) is 15.1. The first-order valence-electron chi connectivity index (χ1n) is 7.86. The molecule has 0 aliphatic heterocycles. The molecule has 0 aromatic heterocycles. The molecule has 1 rings (SSSR count). The lowest BCUT2D eigenvalue weighted by atomic mass is 9.77. The molecule has 2 unspecified atom stereocenters. The molecule has 0 aliphatic rings. The molecule has 1 aromatic rings. The van der Waals surface area contributed by atoms with Crippen LogP contribution in [0, 0.1) is 11.3 Å². The van der Waals surface area contributed by atoms with E-state index in [9.17, 15) is 0 Å². The second kappa shape index (κ2) is 8.05. The Morgan fingerprint density at radius 1 is 1.29 bits per heavy atom. The van der Waals surface area contributed by atoms with Crippen LogP contribution in [0.4, 0.5) is 0 Å².